The summed E-state index contributed by atoms with van der Waals surface area (Å²) in [5, 5.41) is 3.94. The second-order valence-electron chi connectivity index (χ2n) is 9.19. The van der Waals surface area contributed by atoms with E-state index in [0.29, 0.717) is 10.8 Å². The van der Waals surface area contributed by atoms with Crippen molar-refractivity contribution in [2.75, 3.05) is 0 Å². The Hall–Kier alpha value is -2.02. The zero-order chi connectivity index (χ0) is 22.6. The van der Waals surface area contributed by atoms with Gasteiger partial charge in [-0.15, -0.1) is 17.1 Å². The lowest BCUT2D eigenvalue weighted by Crippen LogP contribution is -2.24. The summed E-state index contributed by atoms with van der Waals surface area (Å²) in [6, 6.07) is 3.99. The predicted octanol–water partition coefficient (Wildman–Crippen LogP) is 5.21. The molecule has 0 aliphatic heterocycles. The number of hydrogen-bond acceptors (Lipinski definition) is 3. The average Bonchev–Trinajstić information content (AvgIpc) is 2.59. The van der Waals surface area contributed by atoms with E-state index in [4.69, 9.17) is 6.42 Å². The summed E-state index contributed by atoms with van der Waals surface area (Å²) in [6.45, 7) is 18.5. The fraction of sp³-hybridized carbons (Fsp3) is 0.522. The highest BCUT2D eigenvalue weighted by Crippen LogP contribution is 2.34. The average molecular weight is 431 g/mol. The first-order valence-corrected chi connectivity index (χ1v) is 14.9. The molecule has 0 aliphatic carbocycles. The van der Waals surface area contributed by atoms with Gasteiger partial charge in [-0.05, 0) is 46.3 Å². The summed E-state index contributed by atoms with van der Waals surface area (Å²) in [5.74, 6) is 5.59. The van der Waals surface area contributed by atoms with Crippen LogP contribution in [0.3, 0.4) is 0 Å². The van der Waals surface area contributed by atoms with Crippen molar-refractivity contribution in [3.8, 4) is 23.8 Å². The molecule has 0 bridgehead atoms. The Bertz CT molecular complexity index is 951. The monoisotopic (exact) mass is 430 g/mol. The fourth-order valence-corrected chi connectivity index (χ4v) is 4.70. The molecule has 0 heterocycles. The van der Waals surface area contributed by atoms with Gasteiger partial charge in [-0.25, -0.2) is 0 Å². The van der Waals surface area contributed by atoms with Crippen molar-refractivity contribution in [2.24, 2.45) is 5.10 Å². The van der Waals surface area contributed by atoms with Crippen LogP contribution in [0.25, 0.3) is 0 Å². The first kappa shape index (κ1) is 25.0. The molecular weight excluding hydrogens is 396 g/mol. The van der Waals surface area contributed by atoms with E-state index in [1.807, 2.05) is 39.8 Å². The molecule has 0 radical (unpaired) electrons. The quantitative estimate of drug-likeness (QED) is 0.292. The zero-order valence-corrected chi connectivity index (χ0v) is 21.0. The third-order valence-corrected chi connectivity index (χ3v) is 6.53. The number of nitrogens with one attached hydrogen (secondary N) is 1. The van der Waals surface area contributed by atoms with Gasteiger partial charge in [-0.3, -0.25) is 0 Å². The molecule has 29 heavy (non-hydrogen) atoms. The molecule has 0 saturated carbocycles. The highest BCUT2D eigenvalue weighted by Gasteiger charge is 2.26. The van der Waals surface area contributed by atoms with Crippen LogP contribution in [-0.2, 0) is 10.0 Å². The van der Waals surface area contributed by atoms with E-state index in [-0.39, 0.29) is 17.5 Å². The van der Waals surface area contributed by atoms with Crippen molar-refractivity contribution in [3.05, 3.63) is 28.8 Å². The van der Waals surface area contributed by atoms with Crippen molar-refractivity contribution in [1.82, 2.24) is 4.83 Å². The molecule has 0 fully saturated rings. The topological polar surface area (TPSA) is 58.5 Å². The van der Waals surface area contributed by atoms with Gasteiger partial charge in [0.2, 0.25) is 0 Å². The Kier molecular flexibility index (Phi) is 8.32. The molecule has 0 aromatic heterocycles. The second kappa shape index (κ2) is 9.65. The number of hydrogen-bond donors (Lipinski definition) is 1. The van der Waals surface area contributed by atoms with Crippen LogP contribution in [-0.4, -0.2) is 22.2 Å². The summed E-state index contributed by atoms with van der Waals surface area (Å²) in [5.41, 5.74) is 5.91. The number of nitrogens with zero attached hydrogens (tertiary/aromatic N) is 1. The van der Waals surface area contributed by atoms with Gasteiger partial charge in [0.25, 0.3) is 10.0 Å². The van der Waals surface area contributed by atoms with E-state index in [1.54, 1.807) is 0 Å². The van der Waals surface area contributed by atoms with Gasteiger partial charge in [0, 0.05) is 0 Å². The highest BCUT2D eigenvalue weighted by atomic mass is 32.2. The minimum Gasteiger partial charge on any atom is -0.200 e. The Morgan fingerprint density at radius 2 is 1.48 bits per heavy atom. The Morgan fingerprint density at radius 3 is 1.83 bits per heavy atom. The summed E-state index contributed by atoms with van der Waals surface area (Å²) >= 11 is 0. The van der Waals surface area contributed by atoms with E-state index < -0.39 is 18.1 Å². The molecule has 6 heteroatoms. The van der Waals surface area contributed by atoms with Crippen LogP contribution < -0.4 is 4.83 Å². The van der Waals surface area contributed by atoms with Crippen LogP contribution in [0.4, 0.5) is 0 Å². The van der Waals surface area contributed by atoms with Crippen molar-refractivity contribution < 1.29 is 8.42 Å². The first-order valence-electron chi connectivity index (χ1n) is 9.96. The summed E-state index contributed by atoms with van der Waals surface area (Å²) < 4.78 is 26.5. The summed E-state index contributed by atoms with van der Waals surface area (Å²) in [7, 11) is -5.56. The Balaban J connectivity index is 3.59. The summed E-state index contributed by atoms with van der Waals surface area (Å²) in [4.78, 5) is 2.63. The largest absolute Gasteiger partial charge is 0.277 e. The number of sulfonamides is 1. The molecule has 0 amide bonds. The number of terminal acetylenes is 1. The Morgan fingerprint density at radius 1 is 1.00 bits per heavy atom. The smallest absolute Gasteiger partial charge is 0.200 e. The van der Waals surface area contributed by atoms with Crippen LogP contribution in [0.1, 0.15) is 76.0 Å². The third kappa shape index (κ3) is 7.06. The van der Waals surface area contributed by atoms with Crippen LogP contribution >= 0.6 is 0 Å². The minimum absolute atomic E-state index is 0.0422. The minimum atomic E-state index is -3.90. The molecule has 0 atom stereocenters. The molecular formula is C23H34N2O2SSi. The van der Waals surface area contributed by atoms with Crippen molar-refractivity contribution >= 4 is 23.8 Å². The third-order valence-electron chi connectivity index (χ3n) is 4.32. The molecule has 1 N–H and O–H groups in total. The lowest BCUT2D eigenvalue weighted by atomic mass is 9.89. The SMILES string of the molecule is C#C/C(C#C[Si](C)(C)C)=N\NS(=O)(=O)c1c(C(C)C)cc(C(C)C)cc1C(C)C. The van der Waals surface area contributed by atoms with Gasteiger partial charge in [0.1, 0.15) is 8.07 Å². The molecule has 1 aromatic carbocycles. The van der Waals surface area contributed by atoms with Gasteiger partial charge < -0.3 is 0 Å². The molecule has 0 spiro atoms. The molecule has 4 nitrogen and oxygen atoms in total. The van der Waals surface area contributed by atoms with Gasteiger partial charge in [0.05, 0.1) is 4.90 Å². The highest BCUT2D eigenvalue weighted by molar-refractivity contribution is 7.89. The predicted molar refractivity (Wildman–Crippen MR) is 126 cm³/mol. The maximum Gasteiger partial charge on any atom is 0.277 e. The number of rotatable bonds is 6. The van der Waals surface area contributed by atoms with Gasteiger partial charge >= 0.3 is 0 Å². The first-order chi connectivity index (χ1) is 13.2. The maximum absolute atomic E-state index is 13.3. The maximum atomic E-state index is 13.3. The summed E-state index contributed by atoms with van der Waals surface area (Å²) in [6.07, 6.45) is 5.48. The van der Waals surface area contributed by atoms with Crippen LogP contribution in [0, 0.1) is 23.8 Å². The van der Waals surface area contributed by atoms with Gasteiger partial charge in [-0.2, -0.15) is 13.2 Å². The fourth-order valence-electron chi connectivity index (χ4n) is 2.69. The van der Waals surface area contributed by atoms with E-state index >= 15 is 0 Å². The standard InChI is InChI=1S/C23H34N2O2SSi/c1-11-20(12-13-29(8,9)10)24-25-28(26,27)23-21(17(4)5)14-19(16(2)3)15-22(23)18(6)7/h1,14-18,25H,2-10H3/b24-20+. The Labute approximate surface area is 178 Å². The normalized spacial score (nSPS) is 12.7. The van der Waals surface area contributed by atoms with Crippen molar-refractivity contribution in [3.63, 3.8) is 0 Å². The number of benzene rings is 1. The van der Waals surface area contributed by atoms with Crippen molar-refractivity contribution in [2.45, 2.75) is 83.8 Å². The van der Waals surface area contributed by atoms with E-state index in [9.17, 15) is 8.42 Å². The second-order valence-corrected chi connectivity index (χ2v) is 15.5. The van der Waals surface area contributed by atoms with Crippen LogP contribution in [0.2, 0.25) is 19.6 Å². The molecule has 158 valence electrons. The molecule has 0 aliphatic rings. The van der Waals surface area contributed by atoms with Gasteiger partial charge in [0.15, 0.2) is 5.71 Å². The van der Waals surface area contributed by atoms with E-state index in [1.165, 1.54) is 0 Å². The lowest BCUT2D eigenvalue weighted by molar-refractivity contribution is 0.579. The van der Waals surface area contributed by atoms with Crippen molar-refractivity contribution in [1.29, 1.82) is 0 Å². The van der Waals surface area contributed by atoms with E-state index in [0.717, 1.165) is 16.7 Å². The molecule has 0 unspecified atom stereocenters. The van der Waals surface area contributed by atoms with Crippen LogP contribution in [0.15, 0.2) is 22.1 Å². The van der Waals surface area contributed by atoms with E-state index in [2.05, 4.69) is 60.8 Å². The van der Waals surface area contributed by atoms with Gasteiger partial charge in [-0.1, -0.05) is 73.3 Å². The van der Waals surface area contributed by atoms with Crippen LogP contribution in [0.5, 0.6) is 0 Å². The molecule has 0 saturated heterocycles. The lowest BCUT2D eigenvalue weighted by Gasteiger charge is -2.22. The molecule has 1 rings (SSSR count). The number of hydrazone groups is 1. The zero-order valence-electron chi connectivity index (χ0n) is 19.1. The molecule has 1 aromatic rings.